The average molecular weight is 327 g/mol. The van der Waals surface area contributed by atoms with Gasteiger partial charge in [-0.25, -0.2) is 4.90 Å². The summed E-state index contributed by atoms with van der Waals surface area (Å²) in [5.41, 5.74) is 2.15. The van der Waals surface area contributed by atoms with E-state index in [-0.39, 0.29) is 11.8 Å². The van der Waals surface area contributed by atoms with Crippen LogP contribution in [0.5, 0.6) is 0 Å². The predicted octanol–water partition coefficient (Wildman–Crippen LogP) is 3.43. The Kier molecular flexibility index (Phi) is 3.92. The van der Waals surface area contributed by atoms with Gasteiger partial charge in [-0.2, -0.15) is 0 Å². The largest absolute Gasteiger partial charge is 0.383 e. The molecule has 1 heterocycles. The quantitative estimate of drug-likeness (QED) is 0.627. The SMILES string of the molecule is CN(C)/C=C1/C(=O)N(c2ccc(Cl)cc2)C(=O)c2ccccc21. The maximum Gasteiger partial charge on any atom is 0.267 e. The summed E-state index contributed by atoms with van der Waals surface area (Å²) in [6.45, 7) is 0. The lowest BCUT2D eigenvalue weighted by Gasteiger charge is -2.29. The maximum absolute atomic E-state index is 12.9. The van der Waals surface area contributed by atoms with Gasteiger partial charge in [0.2, 0.25) is 0 Å². The van der Waals surface area contributed by atoms with Crippen LogP contribution in [0.25, 0.3) is 5.57 Å². The Morgan fingerprint density at radius 3 is 2.13 bits per heavy atom. The minimum Gasteiger partial charge on any atom is -0.383 e. The molecule has 1 aliphatic heterocycles. The molecule has 0 fully saturated rings. The first-order chi connectivity index (χ1) is 11.0. The van der Waals surface area contributed by atoms with Crippen LogP contribution in [0.4, 0.5) is 5.69 Å². The Hall–Kier alpha value is -2.59. The summed E-state index contributed by atoms with van der Waals surface area (Å²) in [5.74, 6) is -0.673. The van der Waals surface area contributed by atoms with E-state index in [1.807, 2.05) is 20.2 Å². The summed E-state index contributed by atoms with van der Waals surface area (Å²) in [6, 6.07) is 13.8. The molecule has 0 atom stereocenters. The molecule has 0 aliphatic carbocycles. The zero-order valence-corrected chi connectivity index (χ0v) is 13.5. The molecule has 1 aliphatic rings. The highest BCUT2D eigenvalue weighted by Gasteiger charge is 2.35. The fraction of sp³-hybridized carbons (Fsp3) is 0.111. The number of fused-ring (bicyclic) bond motifs is 1. The van der Waals surface area contributed by atoms with Gasteiger partial charge in [-0.3, -0.25) is 9.59 Å². The highest BCUT2D eigenvalue weighted by atomic mass is 35.5. The smallest absolute Gasteiger partial charge is 0.267 e. The van der Waals surface area contributed by atoms with Gasteiger partial charge in [0.15, 0.2) is 0 Å². The van der Waals surface area contributed by atoms with Gasteiger partial charge < -0.3 is 4.90 Å². The molecular formula is C18H15ClN2O2. The van der Waals surface area contributed by atoms with E-state index in [1.165, 1.54) is 4.90 Å². The second-order valence-corrected chi connectivity index (χ2v) is 5.91. The van der Waals surface area contributed by atoms with Crippen LogP contribution in [-0.2, 0) is 4.79 Å². The summed E-state index contributed by atoms with van der Waals surface area (Å²) in [6.07, 6.45) is 1.73. The minimum absolute atomic E-state index is 0.330. The summed E-state index contributed by atoms with van der Waals surface area (Å²) in [5, 5.41) is 0.551. The monoisotopic (exact) mass is 326 g/mol. The molecule has 5 heteroatoms. The fourth-order valence-corrected chi connectivity index (χ4v) is 2.69. The van der Waals surface area contributed by atoms with Crippen molar-refractivity contribution >= 4 is 34.7 Å². The van der Waals surface area contributed by atoms with Gasteiger partial charge in [0.1, 0.15) is 0 Å². The van der Waals surface area contributed by atoms with E-state index in [9.17, 15) is 9.59 Å². The molecule has 4 nitrogen and oxygen atoms in total. The van der Waals surface area contributed by atoms with Gasteiger partial charge in [0.25, 0.3) is 11.8 Å². The molecule has 2 amide bonds. The number of carbonyl (C=O) groups excluding carboxylic acids is 2. The molecular weight excluding hydrogens is 312 g/mol. The molecule has 0 radical (unpaired) electrons. The van der Waals surface area contributed by atoms with E-state index in [0.717, 1.165) is 0 Å². The molecule has 0 N–H and O–H groups in total. The van der Waals surface area contributed by atoms with Crippen LogP contribution < -0.4 is 4.90 Å². The maximum atomic E-state index is 12.9. The highest BCUT2D eigenvalue weighted by Crippen LogP contribution is 2.32. The number of benzene rings is 2. The number of nitrogens with zero attached hydrogens (tertiary/aromatic N) is 2. The second kappa shape index (κ2) is 5.89. The lowest BCUT2D eigenvalue weighted by molar-refractivity contribution is -0.112. The fourth-order valence-electron chi connectivity index (χ4n) is 2.56. The van der Waals surface area contributed by atoms with Crippen molar-refractivity contribution in [2.24, 2.45) is 0 Å². The first-order valence-electron chi connectivity index (χ1n) is 7.11. The molecule has 0 bridgehead atoms. The van der Waals surface area contributed by atoms with Crippen molar-refractivity contribution in [3.05, 3.63) is 70.9 Å². The number of imide groups is 1. The second-order valence-electron chi connectivity index (χ2n) is 5.47. The van der Waals surface area contributed by atoms with Crippen molar-refractivity contribution in [2.75, 3.05) is 19.0 Å². The summed E-state index contributed by atoms with van der Waals surface area (Å²) in [4.78, 5) is 28.7. The highest BCUT2D eigenvalue weighted by molar-refractivity contribution is 6.41. The lowest BCUT2D eigenvalue weighted by Crippen LogP contribution is -2.42. The molecule has 0 saturated carbocycles. The molecule has 0 aromatic heterocycles. The lowest BCUT2D eigenvalue weighted by atomic mass is 9.93. The average Bonchev–Trinajstić information content (AvgIpc) is 2.53. The molecule has 2 aromatic carbocycles. The van der Waals surface area contributed by atoms with Gasteiger partial charge in [-0.15, -0.1) is 0 Å². The minimum atomic E-state index is -0.343. The van der Waals surface area contributed by atoms with Crippen molar-refractivity contribution < 1.29 is 9.59 Å². The summed E-state index contributed by atoms with van der Waals surface area (Å²) in [7, 11) is 3.68. The van der Waals surface area contributed by atoms with Gasteiger partial charge in [0, 0.05) is 36.4 Å². The van der Waals surface area contributed by atoms with Gasteiger partial charge in [0.05, 0.1) is 11.3 Å². The van der Waals surface area contributed by atoms with E-state index in [1.54, 1.807) is 53.6 Å². The third-order valence-corrected chi connectivity index (χ3v) is 3.81. The predicted molar refractivity (Wildman–Crippen MR) is 91.4 cm³/mol. The van der Waals surface area contributed by atoms with Crippen LogP contribution in [0.2, 0.25) is 5.02 Å². The molecule has 3 rings (SSSR count). The number of amides is 2. The Morgan fingerprint density at radius 2 is 1.52 bits per heavy atom. The van der Waals surface area contributed by atoms with Crippen LogP contribution in [0.3, 0.4) is 0 Å². The summed E-state index contributed by atoms with van der Waals surface area (Å²) >= 11 is 5.90. The Labute approximate surface area is 139 Å². The number of hydrogen-bond acceptors (Lipinski definition) is 3. The van der Waals surface area contributed by atoms with Gasteiger partial charge in [-0.05, 0) is 30.3 Å². The number of anilines is 1. The van der Waals surface area contributed by atoms with E-state index in [2.05, 4.69) is 0 Å². The van der Waals surface area contributed by atoms with Crippen LogP contribution in [0.15, 0.2) is 54.7 Å². The Balaban J connectivity index is 2.18. The van der Waals surface area contributed by atoms with E-state index in [4.69, 9.17) is 11.6 Å². The molecule has 0 unspecified atom stereocenters. The number of rotatable bonds is 2. The standard InChI is InChI=1S/C18H15ClN2O2/c1-20(2)11-16-14-5-3-4-6-15(14)17(22)21(18(16)23)13-9-7-12(19)8-10-13/h3-11H,1-2H3/b16-11+. The van der Waals surface area contributed by atoms with Crippen LogP contribution in [0.1, 0.15) is 15.9 Å². The molecule has 116 valence electrons. The number of hydrogen-bond donors (Lipinski definition) is 0. The zero-order chi connectivity index (χ0) is 16.6. The van der Waals surface area contributed by atoms with Gasteiger partial charge >= 0.3 is 0 Å². The topological polar surface area (TPSA) is 40.6 Å². The van der Waals surface area contributed by atoms with E-state index >= 15 is 0 Å². The number of carbonyl (C=O) groups is 2. The first kappa shape index (κ1) is 15.3. The van der Waals surface area contributed by atoms with Gasteiger partial charge in [-0.1, -0.05) is 29.8 Å². The third kappa shape index (κ3) is 2.73. The van der Waals surface area contributed by atoms with Crippen molar-refractivity contribution in [3.8, 4) is 0 Å². The van der Waals surface area contributed by atoms with Crippen molar-refractivity contribution in [1.29, 1.82) is 0 Å². The summed E-state index contributed by atoms with van der Waals surface area (Å²) < 4.78 is 0. The van der Waals surface area contributed by atoms with Crippen LogP contribution in [-0.4, -0.2) is 30.8 Å². The van der Waals surface area contributed by atoms with Crippen molar-refractivity contribution in [2.45, 2.75) is 0 Å². The normalized spacial score (nSPS) is 15.8. The zero-order valence-electron chi connectivity index (χ0n) is 12.8. The molecule has 2 aromatic rings. The Bertz CT molecular complexity index is 810. The molecule has 23 heavy (non-hydrogen) atoms. The first-order valence-corrected chi connectivity index (χ1v) is 7.49. The van der Waals surface area contributed by atoms with E-state index < -0.39 is 0 Å². The van der Waals surface area contributed by atoms with Crippen molar-refractivity contribution in [1.82, 2.24) is 4.90 Å². The van der Waals surface area contributed by atoms with Crippen LogP contribution >= 0.6 is 11.6 Å². The molecule has 0 spiro atoms. The van der Waals surface area contributed by atoms with Crippen LogP contribution in [0, 0.1) is 0 Å². The Morgan fingerprint density at radius 1 is 0.913 bits per heavy atom. The third-order valence-electron chi connectivity index (χ3n) is 3.56. The molecule has 0 saturated heterocycles. The number of halogens is 1. The van der Waals surface area contributed by atoms with E-state index in [0.29, 0.717) is 27.4 Å². The van der Waals surface area contributed by atoms with Crippen molar-refractivity contribution in [3.63, 3.8) is 0 Å².